The summed E-state index contributed by atoms with van der Waals surface area (Å²) in [7, 11) is 1.37. The highest BCUT2D eigenvalue weighted by molar-refractivity contribution is 7.80. The zero-order valence-electron chi connectivity index (χ0n) is 14.1. The van der Waals surface area contributed by atoms with Gasteiger partial charge in [0.2, 0.25) is 0 Å². The lowest BCUT2D eigenvalue weighted by molar-refractivity contribution is 0.0601. The van der Waals surface area contributed by atoms with Crippen LogP contribution in [-0.2, 0) is 4.74 Å². The Morgan fingerprint density at radius 2 is 2.08 bits per heavy atom. The highest BCUT2D eigenvalue weighted by Crippen LogP contribution is 2.31. The third-order valence-corrected chi connectivity index (χ3v) is 4.73. The van der Waals surface area contributed by atoms with Gasteiger partial charge in [-0.05, 0) is 67.4 Å². The average Bonchev–Trinajstić information content (AvgIpc) is 2.68. The molecule has 1 saturated heterocycles. The number of aromatic nitrogens is 1. The maximum Gasteiger partial charge on any atom is 0.337 e. The van der Waals surface area contributed by atoms with E-state index in [2.05, 4.69) is 21.3 Å². The van der Waals surface area contributed by atoms with Crippen molar-refractivity contribution in [3.63, 3.8) is 0 Å². The SMILES string of the molecule is COC(=O)c1ccc(NC(=S)N2CCCCC2c2cccnc2)cc1. The predicted molar refractivity (Wildman–Crippen MR) is 102 cm³/mol. The van der Waals surface area contributed by atoms with Gasteiger partial charge in [-0.3, -0.25) is 4.98 Å². The maximum absolute atomic E-state index is 11.5. The first-order valence-electron chi connectivity index (χ1n) is 8.35. The van der Waals surface area contributed by atoms with E-state index in [1.54, 1.807) is 18.3 Å². The lowest BCUT2D eigenvalue weighted by atomic mass is 9.97. The number of thiocarbonyl (C=S) groups is 1. The van der Waals surface area contributed by atoms with Gasteiger partial charge in [0.25, 0.3) is 0 Å². The van der Waals surface area contributed by atoms with E-state index >= 15 is 0 Å². The van der Waals surface area contributed by atoms with Crippen LogP contribution in [0.4, 0.5) is 5.69 Å². The molecular formula is C19H21N3O2S. The first-order chi connectivity index (χ1) is 12.2. The number of esters is 1. The van der Waals surface area contributed by atoms with Gasteiger partial charge in [-0.15, -0.1) is 0 Å². The van der Waals surface area contributed by atoms with E-state index in [1.807, 2.05) is 24.4 Å². The van der Waals surface area contributed by atoms with Crippen LogP contribution in [0, 0.1) is 0 Å². The molecule has 6 heteroatoms. The fourth-order valence-corrected chi connectivity index (χ4v) is 3.43. The number of ether oxygens (including phenoxy) is 1. The Balaban J connectivity index is 1.71. The van der Waals surface area contributed by atoms with Crippen LogP contribution in [0.5, 0.6) is 0 Å². The number of rotatable bonds is 3. The van der Waals surface area contributed by atoms with Crippen molar-refractivity contribution in [2.45, 2.75) is 25.3 Å². The van der Waals surface area contributed by atoms with Crippen molar-refractivity contribution >= 4 is 29.0 Å². The van der Waals surface area contributed by atoms with Crippen molar-refractivity contribution in [1.29, 1.82) is 0 Å². The normalized spacial score (nSPS) is 17.0. The van der Waals surface area contributed by atoms with Crippen molar-refractivity contribution in [3.05, 3.63) is 59.9 Å². The monoisotopic (exact) mass is 355 g/mol. The Labute approximate surface area is 153 Å². The number of hydrogen-bond donors (Lipinski definition) is 1. The summed E-state index contributed by atoms with van der Waals surface area (Å²) >= 11 is 5.64. The van der Waals surface area contributed by atoms with Gasteiger partial charge in [0.05, 0.1) is 18.7 Å². The van der Waals surface area contributed by atoms with Crippen LogP contribution >= 0.6 is 12.2 Å². The molecule has 1 fully saturated rings. The number of methoxy groups -OCH3 is 1. The molecule has 1 aromatic carbocycles. The molecule has 2 aromatic rings. The molecule has 0 bridgehead atoms. The van der Waals surface area contributed by atoms with Crippen LogP contribution in [0.3, 0.4) is 0 Å². The largest absolute Gasteiger partial charge is 0.465 e. The van der Waals surface area contributed by atoms with Crippen molar-refractivity contribution in [1.82, 2.24) is 9.88 Å². The molecule has 2 heterocycles. The first-order valence-corrected chi connectivity index (χ1v) is 8.76. The third kappa shape index (κ3) is 4.14. The minimum absolute atomic E-state index is 0.247. The fourth-order valence-electron chi connectivity index (χ4n) is 3.10. The predicted octanol–water partition coefficient (Wildman–Crippen LogP) is 3.79. The van der Waals surface area contributed by atoms with Gasteiger partial charge in [0, 0.05) is 24.6 Å². The van der Waals surface area contributed by atoms with E-state index in [0.717, 1.165) is 25.1 Å². The Hall–Kier alpha value is -2.47. The van der Waals surface area contributed by atoms with Gasteiger partial charge < -0.3 is 15.0 Å². The second-order valence-electron chi connectivity index (χ2n) is 5.99. The Bertz CT molecular complexity index is 734. The van der Waals surface area contributed by atoms with Crippen LogP contribution in [0.25, 0.3) is 0 Å². The third-order valence-electron chi connectivity index (χ3n) is 4.39. The lowest BCUT2D eigenvalue weighted by Crippen LogP contribution is -2.41. The number of nitrogens with one attached hydrogen (secondary N) is 1. The standard InChI is InChI=1S/C19H21N3O2S/c1-24-18(23)14-7-9-16(10-8-14)21-19(25)22-12-3-2-6-17(22)15-5-4-11-20-13-15/h4-5,7-11,13,17H,2-3,6,12H2,1H3,(H,21,25). The van der Waals surface area contributed by atoms with Crippen LogP contribution < -0.4 is 5.32 Å². The molecule has 1 aromatic heterocycles. The van der Waals surface area contributed by atoms with E-state index in [-0.39, 0.29) is 12.0 Å². The summed E-state index contributed by atoms with van der Waals surface area (Å²) in [5.74, 6) is -0.346. The molecule has 25 heavy (non-hydrogen) atoms. The number of pyridine rings is 1. The topological polar surface area (TPSA) is 54.5 Å². The average molecular weight is 355 g/mol. The number of anilines is 1. The summed E-state index contributed by atoms with van der Waals surface area (Å²) in [6.07, 6.45) is 7.08. The number of carbonyl (C=O) groups is 1. The van der Waals surface area contributed by atoms with Crippen LogP contribution in [0.2, 0.25) is 0 Å². The van der Waals surface area contributed by atoms with Gasteiger partial charge >= 0.3 is 5.97 Å². The van der Waals surface area contributed by atoms with Crippen molar-refractivity contribution in [2.75, 3.05) is 19.0 Å². The summed E-state index contributed by atoms with van der Waals surface area (Å²) in [5, 5.41) is 3.97. The molecule has 1 aliphatic rings. The summed E-state index contributed by atoms with van der Waals surface area (Å²) in [6, 6.07) is 11.4. The van der Waals surface area contributed by atoms with Gasteiger partial charge in [-0.25, -0.2) is 4.79 Å². The van der Waals surface area contributed by atoms with Gasteiger partial charge in [0.15, 0.2) is 5.11 Å². The zero-order chi connectivity index (χ0) is 17.6. The van der Waals surface area contributed by atoms with E-state index in [0.29, 0.717) is 10.7 Å². The molecule has 0 aliphatic carbocycles. The molecule has 1 atom stereocenters. The lowest BCUT2D eigenvalue weighted by Gasteiger charge is -2.37. The smallest absolute Gasteiger partial charge is 0.337 e. The molecule has 1 N–H and O–H groups in total. The Morgan fingerprint density at radius 3 is 2.76 bits per heavy atom. The molecule has 130 valence electrons. The van der Waals surface area contributed by atoms with Crippen LogP contribution in [0.1, 0.15) is 41.2 Å². The Morgan fingerprint density at radius 1 is 1.28 bits per heavy atom. The minimum atomic E-state index is -0.346. The number of hydrogen-bond acceptors (Lipinski definition) is 4. The molecule has 5 nitrogen and oxygen atoms in total. The number of carbonyl (C=O) groups excluding carboxylic acids is 1. The number of benzene rings is 1. The van der Waals surface area contributed by atoms with Crippen molar-refractivity contribution in [3.8, 4) is 0 Å². The highest BCUT2D eigenvalue weighted by atomic mass is 32.1. The van der Waals surface area contributed by atoms with Gasteiger partial charge in [-0.2, -0.15) is 0 Å². The first kappa shape index (κ1) is 17.4. The highest BCUT2D eigenvalue weighted by Gasteiger charge is 2.26. The second-order valence-corrected chi connectivity index (χ2v) is 6.38. The molecule has 3 rings (SSSR count). The van der Waals surface area contributed by atoms with Gasteiger partial charge in [0.1, 0.15) is 0 Å². The zero-order valence-corrected chi connectivity index (χ0v) is 15.0. The number of piperidine rings is 1. The molecular weight excluding hydrogens is 334 g/mol. The second kappa shape index (κ2) is 8.07. The summed E-state index contributed by atoms with van der Waals surface area (Å²) in [5.41, 5.74) is 2.56. The fraction of sp³-hybridized carbons (Fsp3) is 0.316. The number of likely N-dealkylation sites (tertiary alicyclic amines) is 1. The quantitative estimate of drug-likeness (QED) is 0.668. The summed E-state index contributed by atoms with van der Waals surface area (Å²) < 4.78 is 4.72. The van der Waals surface area contributed by atoms with E-state index < -0.39 is 0 Å². The van der Waals surface area contributed by atoms with Crippen molar-refractivity contribution in [2.24, 2.45) is 0 Å². The molecule has 1 aliphatic heterocycles. The van der Waals surface area contributed by atoms with Crippen molar-refractivity contribution < 1.29 is 9.53 Å². The molecule has 0 spiro atoms. The summed E-state index contributed by atoms with van der Waals surface area (Å²) in [4.78, 5) is 18.0. The van der Waals surface area contributed by atoms with Gasteiger partial charge in [-0.1, -0.05) is 6.07 Å². The minimum Gasteiger partial charge on any atom is -0.465 e. The maximum atomic E-state index is 11.5. The van der Waals surface area contributed by atoms with E-state index in [1.165, 1.54) is 19.1 Å². The molecule has 0 amide bonds. The van der Waals surface area contributed by atoms with Crippen LogP contribution in [0.15, 0.2) is 48.8 Å². The summed E-state index contributed by atoms with van der Waals surface area (Å²) in [6.45, 7) is 0.922. The number of nitrogens with zero attached hydrogens (tertiary/aromatic N) is 2. The van der Waals surface area contributed by atoms with Crippen LogP contribution in [-0.4, -0.2) is 34.6 Å². The molecule has 0 radical (unpaired) electrons. The van der Waals surface area contributed by atoms with E-state index in [9.17, 15) is 4.79 Å². The molecule has 1 unspecified atom stereocenters. The molecule has 0 saturated carbocycles. The van der Waals surface area contributed by atoms with E-state index in [4.69, 9.17) is 17.0 Å². The Kier molecular flexibility index (Phi) is 5.60.